The van der Waals surface area contributed by atoms with Gasteiger partial charge in [-0.15, -0.1) is 0 Å². The van der Waals surface area contributed by atoms with E-state index in [0.29, 0.717) is 12.1 Å². The molecule has 0 saturated heterocycles. The van der Waals surface area contributed by atoms with Crippen LogP contribution in [0.1, 0.15) is 19.4 Å². The summed E-state index contributed by atoms with van der Waals surface area (Å²) in [6.45, 7) is 3.69. The molecule has 1 heterocycles. The molecular weight excluding hydrogens is 197 g/mol. The topological polar surface area (TPSA) is 68.0 Å². The Balaban J connectivity index is 2.61. The van der Waals surface area contributed by atoms with Crippen molar-refractivity contribution in [2.45, 2.75) is 25.9 Å². The highest BCUT2D eigenvalue weighted by Crippen LogP contribution is 2.05. The second-order valence-electron chi connectivity index (χ2n) is 3.85. The van der Waals surface area contributed by atoms with Gasteiger partial charge in [-0.1, -0.05) is 0 Å². The van der Waals surface area contributed by atoms with Crippen LogP contribution in [0.15, 0.2) is 18.5 Å². The van der Waals surface area contributed by atoms with Gasteiger partial charge in [0.25, 0.3) is 0 Å². The summed E-state index contributed by atoms with van der Waals surface area (Å²) in [7, 11) is 0. The molecule has 82 valence electrons. The predicted molar refractivity (Wildman–Crippen MR) is 54.3 cm³/mol. The third kappa shape index (κ3) is 3.28. The highest BCUT2D eigenvalue weighted by Gasteiger charge is 2.23. The Morgan fingerprint density at radius 3 is 2.80 bits per heavy atom. The van der Waals surface area contributed by atoms with Crippen LogP contribution in [0.5, 0.6) is 0 Å². The van der Waals surface area contributed by atoms with Crippen molar-refractivity contribution in [3.05, 3.63) is 29.8 Å². The fourth-order valence-electron chi connectivity index (χ4n) is 0.963. The molecule has 0 fully saturated rings. The first kappa shape index (κ1) is 11.6. The molecule has 0 unspecified atom stereocenters. The van der Waals surface area contributed by atoms with E-state index in [0.717, 1.165) is 6.20 Å². The van der Waals surface area contributed by atoms with E-state index in [1.54, 1.807) is 13.8 Å². The van der Waals surface area contributed by atoms with Crippen molar-refractivity contribution >= 4 is 5.91 Å². The summed E-state index contributed by atoms with van der Waals surface area (Å²) in [5.41, 5.74) is 5.03. The highest BCUT2D eigenvalue weighted by atomic mass is 19.1. The summed E-state index contributed by atoms with van der Waals surface area (Å²) in [6.07, 6.45) is 2.66. The molecule has 0 aliphatic rings. The maximum atomic E-state index is 12.8. The molecule has 0 saturated carbocycles. The third-order valence-electron chi connectivity index (χ3n) is 2.11. The Bertz CT molecular complexity index is 365. The molecular formula is C10H14FN3O. The lowest BCUT2D eigenvalue weighted by Gasteiger charge is -2.22. The van der Waals surface area contributed by atoms with E-state index >= 15 is 0 Å². The van der Waals surface area contributed by atoms with Gasteiger partial charge < -0.3 is 5.73 Å². The number of carbonyl (C=O) groups is 1. The first-order valence-electron chi connectivity index (χ1n) is 4.56. The Kier molecular flexibility index (Phi) is 3.36. The van der Waals surface area contributed by atoms with Crippen LogP contribution in [0.3, 0.4) is 0 Å². The molecule has 0 aliphatic heterocycles. The zero-order valence-electron chi connectivity index (χ0n) is 8.75. The van der Waals surface area contributed by atoms with Crippen LogP contribution in [-0.4, -0.2) is 16.4 Å². The minimum absolute atomic E-state index is 0.348. The van der Waals surface area contributed by atoms with Crippen molar-refractivity contribution in [2.24, 2.45) is 5.73 Å². The maximum Gasteiger partial charge on any atom is 0.237 e. The van der Waals surface area contributed by atoms with Crippen LogP contribution < -0.4 is 11.1 Å². The van der Waals surface area contributed by atoms with Gasteiger partial charge in [0.2, 0.25) is 5.91 Å². The predicted octanol–water partition coefficient (Wildman–Crippen LogP) is 0.574. The van der Waals surface area contributed by atoms with Crippen molar-refractivity contribution in [1.29, 1.82) is 0 Å². The Labute approximate surface area is 87.7 Å². The number of pyridine rings is 1. The number of amides is 1. The lowest BCUT2D eigenvalue weighted by molar-refractivity contribution is -0.123. The lowest BCUT2D eigenvalue weighted by atomic mass is 10.0. The molecule has 4 nitrogen and oxygen atoms in total. The number of hydrogen-bond donors (Lipinski definition) is 2. The molecule has 3 N–H and O–H groups in total. The van der Waals surface area contributed by atoms with E-state index < -0.39 is 17.3 Å². The SMILES string of the molecule is CC(C)(NCc1cncc(F)c1)C(N)=O. The Morgan fingerprint density at radius 1 is 1.60 bits per heavy atom. The highest BCUT2D eigenvalue weighted by molar-refractivity contribution is 5.83. The van der Waals surface area contributed by atoms with E-state index in [-0.39, 0.29) is 0 Å². The van der Waals surface area contributed by atoms with Crippen LogP contribution in [0.25, 0.3) is 0 Å². The van der Waals surface area contributed by atoms with Crippen LogP contribution in [0, 0.1) is 5.82 Å². The van der Waals surface area contributed by atoms with Crippen molar-refractivity contribution < 1.29 is 9.18 Å². The summed E-state index contributed by atoms with van der Waals surface area (Å²) >= 11 is 0. The number of nitrogens with zero attached hydrogens (tertiary/aromatic N) is 1. The summed E-state index contributed by atoms with van der Waals surface area (Å²) in [4.78, 5) is 14.7. The zero-order valence-corrected chi connectivity index (χ0v) is 8.75. The number of halogens is 1. The number of aromatic nitrogens is 1. The lowest BCUT2D eigenvalue weighted by Crippen LogP contribution is -2.50. The van der Waals surface area contributed by atoms with Gasteiger partial charge in [0.15, 0.2) is 0 Å². The van der Waals surface area contributed by atoms with Gasteiger partial charge >= 0.3 is 0 Å². The second kappa shape index (κ2) is 4.35. The first-order chi connectivity index (χ1) is 6.92. The molecule has 0 radical (unpaired) electrons. The molecule has 5 heteroatoms. The van der Waals surface area contributed by atoms with E-state index in [4.69, 9.17) is 5.73 Å². The summed E-state index contributed by atoms with van der Waals surface area (Å²) < 4.78 is 12.8. The summed E-state index contributed by atoms with van der Waals surface area (Å²) in [6, 6.07) is 1.36. The second-order valence-corrected chi connectivity index (χ2v) is 3.85. The summed E-state index contributed by atoms with van der Waals surface area (Å²) in [5, 5.41) is 2.92. The van der Waals surface area contributed by atoms with Gasteiger partial charge in [0, 0.05) is 12.7 Å². The van der Waals surface area contributed by atoms with Crippen molar-refractivity contribution in [3.8, 4) is 0 Å². The van der Waals surface area contributed by atoms with Crippen molar-refractivity contribution in [1.82, 2.24) is 10.3 Å². The van der Waals surface area contributed by atoms with Gasteiger partial charge in [0.05, 0.1) is 11.7 Å². The smallest absolute Gasteiger partial charge is 0.237 e. The van der Waals surface area contributed by atoms with E-state index in [9.17, 15) is 9.18 Å². The van der Waals surface area contributed by atoms with Gasteiger partial charge in [-0.05, 0) is 25.5 Å². The standard InChI is InChI=1S/C10H14FN3O/c1-10(2,9(12)15)14-5-7-3-8(11)6-13-4-7/h3-4,6,14H,5H2,1-2H3,(H2,12,15). The number of primary amides is 1. The van der Waals surface area contributed by atoms with Crippen LogP contribution in [0.4, 0.5) is 4.39 Å². The molecule has 1 amide bonds. The number of nitrogens with one attached hydrogen (secondary N) is 1. The van der Waals surface area contributed by atoms with E-state index in [1.807, 2.05) is 0 Å². The fourth-order valence-corrected chi connectivity index (χ4v) is 0.963. The van der Waals surface area contributed by atoms with E-state index in [2.05, 4.69) is 10.3 Å². The van der Waals surface area contributed by atoms with Crippen molar-refractivity contribution in [2.75, 3.05) is 0 Å². The molecule has 0 atom stereocenters. The molecule has 1 aromatic rings. The maximum absolute atomic E-state index is 12.8. The average molecular weight is 211 g/mol. The van der Waals surface area contributed by atoms with Crippen LogP contribution in [0.2, 0.25) is 0 Å². The van der Waals surface area contributed by atoms with E-state index in [1.165, 1.54) is 12.3 Å². The molecule has 1 aromatic heterocycles. The quantitative estimate of drug-likeness (QED) is 0.765. The number of carbonyl (C=O) groups excluding carboxylic acids is 1. The molecule has 1 rings (SSSR count). The molecule has 0 bridgehead atoms. The summed E-state index contributed by atoms with van der Waals surface area (Å²) in [5.74, 6) is -0.849. The number of nitrogens with two attached hydrogens (primary N) is 1. The fraction of sp³-hybridized carbons (Fsp3) is 0.400. The minimum Gasteiger partial charge on any atom is -0.368 e. The van der Waals surface area contributed by atoms with Crippen LogP contribution >= 0.6 is 0 Å². The Hall–Kier alpha value is -1.49. The average Bonchev–Trinajstić information content (AvgIpc) is 2.15. The first-order valence-corrected chi connectivity index (χ1v) is 4.56. The monoisotopic (exact) mass is 211 g/mol. The number of rotatable bonds is 4. The molecule has 0 aliphatic carbocycles. The third-order valence-corrected chi connectivity index (χ3v) is 2.11. The zero-order chi connectivity index (χ0) is 11.5. The van der Waals surface area contributed by atoms with Gasteiger partial charge in [-0.2, -0.15) is 0 Å². The normalized spacial score (nSPS) is 11.4. The Morgan fingerprint density at radius 2 is 2.27 bits per heavy atom. The van der Waals surface area contributed by atoms with Crippen molar-refractivity contribution in [3.63, 3.8) is 0 Å². The molecule has 0 aromatic carbocycles. The van der Waals surface area contributed by atoms with Gasteiger partial charge in [-0.3, -0.25) is 15.1 Å². The minimum atomic E-state index is -0.813. The molecule has 0 spiro atoms. The molecule has 15 heavy (non-hydrogen) atoms. The number of hydrogen-bond acceptors (Lipinski definition) is 3. The van der Waals surface area contributed by atoms with Gasteiger partial charge in [0.1, 0.15) is 5.82 Å². The van der Waals surface area contributed by atoms with Crippen LogP contribution in [-0.2, 0) is 11.3 Å². The largest absolute Gasteiger partial charge is 0.368 e. The van der Waals surface area contributed by atoms with Gasteiger partial charge in [-0.25, -0.2) is 4.39 Å².